The molecular formula is C18H20N4O3. The molecule has 7 nitrogen and oxygen atoms in total. The molecule has 130 valence electrons. The van der Waals surface area contributed by atoms with Crippen molar-refractivity contribution in [1.29, 1.82) is 0 Å². The standard InChI is InChI=1S/C18H20N4O3/c23-17(19-5-6-21-7-9-25-10-8-21)13-11-16-20-18(24)14-3-1-2-4-15(14)22(16)12-13/h1-4,11-12H,5-10H2,(H,19,23)(H,20,24). The number of fused-ring (bicyclic) bond motifs is 3. The average molecular weight is 340 g/mol. The van der Waals surface area contributed by atoms with Gasteiger partial charge >= 0.3 is 0 Å². The van der Waals surface area contributed by atoms with Gasteiger partial charge in [0.05, 0.1) is 29.7 Å². The van der Waals surface area contributed by atoms with E-state index in [0.29, 0.717) is 23.1 Å². The molecule has 1 aliphatic heterocycles. The molecule has 0 bridgehead atoms. The first-order valence-electron chi connectivity index (χ1n) is 8.44. The number of rotatable bonds is 4. The lowest BCUT2D eigenvalue weighted by molar-refractivity contribution is 0.0383. The highest BCUT2D eigenvalue weighted by Crippen LogP contribution is 2.14. The minimum Gasteiger partial charge on any atom is -0.379 e. The zero-order valence-electron chi connectivity index (χ0n) is 13.8. The van der Waals surface area contributed by atoms with Crippen molar-refractivity contribution < 1.29 is 9.53 Å². The molecule has 0 atom stereocenters. The van der Waals surface area contributed by atoms with E-state index in [1.807, 2.05) is 22.6 Å². The molecule has 4 rings (SSSR count). The van der Waals surface area contributed by atoms with Gasteiger partial charge < -0.3 is 19.4 Å². The van der Waals surface area contributed by atoms with Crippen LogP contribution in [0.4, 0.5) is 0 Å². The summed E-state index contributed by atoms with van der Waals surface area (Å²) in [6, 6.07) is 9.06. The summed E-state index contributed by atoms with van der Waals surface area (Å²) in [5.74, 6) is -0.137. The number of nitrogens with one attached hydrogen (secondary N) is 2. The third-order valence-electron chi connectivity index (χ3n) is 4.55. The number of hydrogen-bond donors (Lipinski definition) is 2. The number of ether oxygens (including phenoxy) is 1. The second-order valence-corrected chi connectivity index (χ2v) is 6.17. The maximum atomic E-state index is 12.4. The topological polar surface area (TPSA) is 78.8 Å². The van der Waals surface area contributed by atoms with Crippen LogP contribution in [0.3, 0.4) is 0 Å². The van der Waals surface area contributed by atoms with Crippen molar-refractivity contribution >= 4 is 22.5 Å². The Labute approximate surface area is 144 Å². The maximum absolute atomic E-state index is 12.4. The summed E-state index contributed by atoms with van der Waals surface area (Å²) in [6.45, 7) is 4.70. The highest BCUT2D eigenvalue weighted by Gasteiger charge is 2.13. The van der Waals surface area contributed by atoms with E-state index in [2.05, 4.69) is 15.2 Å². The number of morpholine rings is 1. The minimum absolute atomic E-state index is 0.137. The van der Waals surface area contributed by atoms with Crippen LogP contribution in [0.2, 0.25) is 0 Å². The summed E-state index contributed by atoms with van der Waals surface area (Å²) < 4.78 is 7.16. The number of hydrogen-bond acceptors (Lipinski definition) is 4. The Balaban J connectivity index is 1.52. The molecule has 0 radical (unpaired) electrons. The average Bonchev–Trinajstić information content (AvgIpc) is 3.07. The molecule has 0 unspecified atom stereocenters. The number of carbonyl (C=O) groups excluding carboxylic acids is 1. The van der Waals surface area contributed by atoms with Crippen molar-refractivity contribution in [2.45, 2.75) is 0 Å². The third kappa shape index (κ3) is 3.16. The Morgan fingerprint density at radius 2 is 2.04 bits per heavy atom. The summed E-state index contributed by atoms with van der Waals surface area (Å²) in [5, 5.41) is 3.54. The van der Waals surface area contributed by atoms with Crippen LogP contribution in [-0.4, -0.2) is 59.6 Å². The van der Waals surface area contributed by atoms with Crippen LogP contribution in [0, 0.1) is 0 Å². The second-order valence-electron chi connectivity index (χ2n) is 6.17. The number of amides is 1. The van der Waals surface area contributed by atoms with Crippen LogP contribution in [0.25, 0.3) is 16.6 Å². The van der Waals surface area contributed by atoms with Crippen LogP contribution in [0.15, 0.2) is 41.3 Å². The molecule has 0 saturated carbocycles. The predicted molar refractivity (Wildman–Crippen MR) is 95.1 cm³/mol. The van der Waals surface area contributed by atoms with Crippen LogP contribution < -0.4 is 10.9 Å². The van der Waals surface area contributed by atoms with E-state index in [0.717, 1.165) is 38.4 Å². The highest BCUT2D eigenvalue weighted by molar-refractivity contribution is 5.96. The van der Waals surface area contributed by atoms with Crippen molar-refractivity contribution in [3.05, 3.63) is 52.4 Å². The number of H-pyrrole nitrogens is 1. The molecule has 1 aliphatic rings. The fraction of sp³-hybridized carbons (Fsp3) is 0.333. The van der Waals surface area contributed by atoms with E-state index in [4.69, 9.17) is 4.74 Å². The number of benzene rings is 1. The second kappa shape index (κ2) is 6.70. The van der Waals surface area contributed by atoms with Gasteiger partial charge in [-0.25, -0.2) is 0 Å². The summed E-state index contributed by atoms with van der Waals surface area (Å²) in [5.41, 5.74) is 1.78. The zero-order chi connectivity index (χ0) is 17.2. The lowest BCUT2D eigenvalue weighted by Crippen LogP contribution is -2.41. The Bertz CT molecular complexity index is 969. The maximum Gasteiger partial charge on any atom is 0.258 e. The molecule has 3 heterocycles. The van der Waals surface area contributed by atoms with Gasteiger partial charge in [0.25, 0.3) is 11.5 Å². The van der Waals surface area contributed by atoms with Gasteiger partial charge in [-0.1, -0.05) is 12.1 Å². The van der Waals surface area contributed by atoms with Crippen LogP contribution in [0.1, 0.15) is 10.4 Å². The first-order chi connectivity index (χ1) is 12.2. The monoisotopic (exact) mass is 340 g/mol. The van der Waals surface area contributed by atoms with E-state index in [9.17, 15) is 9.59 Å². The Kier molecular flexibility index (Phi) is 4.25. The zero-order valence-corrected chi connectivity index (χ0v) is 13.8. The van der Waals surface area contributed by atoms with Gasteiger partial charge in [0.2, 0.25) is 0 Å². The van der Waals surface area contributed by atoms with Crippen LogP contribution >= 0.6 is 0 Å². The molecule has 1 saturated heterocycles. The quantitative estimate of drug-likeness (QED) is 0.738. The largest absolute Gasteiger partial charge is 0.379 e. The molecule has 2 N–H and O–H groups in total. The van der Waals surface area contributed by atoms with Gasteiger partial charge in [0, 0.05) is 32.4 Å². The van der Waals surface area contributed by atoms with Crippen molar-refractivity contribution in [2.75, 3.05) is 39.4 Å². The molecular weight excluding hydrogens is 320 g/mol. The predicted octanol–water partition coefficient (Wildman–Crippen LogP) is 0.843. The fourth-order valence-electron chi connectivity index (χ4n) is 3.20. The normalized spacial score (nSPS) is 15.7. The molecule has 2 aromatic heterocycles. The van der Waals surface area contributed by atoms with Crippen LogP contribution in [0.5, 0.6) is 0 Å². The van der Waals surface area contributed by atoms with E-state index >= 15 is 0 Å². The van der Waals surface area contributed by atoms with Gasteiger partial charge in [-0.15, -0.1) is 0 Å². The minimum atomic E-state index is -0.152. The fourth-order valence-corrected chi connectivity index (χ4v) is 3.20. The van der Waals surface area contributed by atoms with Gasteiger partial charge in [-0.3, -0.25) is 14.5 Å². The molecule has 1 amide bonds. The number of carbonyl (C=O) groups is 1. The van der Waals surface area contributed by atoms with Crippen molar-refractivity contribution in [2.24, 2.45) is 0 Å². The van der Waals surface area contributed by atoms with Gasteiger partial charge in [0.1, 0.15) is 5.65 Å². The summed E-state index contributed by atoms with van der Waals surface area (Å²) in [6.07, 6.45) is 1.76. The Morgan fingerprint density at radius 1 is 1.24 bits per heavy atom. The molecule has 7 heteroatoms. The van der Waals surface area contributed by atoms with Crippen LogP contribution in [-0.2, 0) is 4.74 Å². The number of aromatic nitrogens is 2. The first-order valence-corrected chi connectivity index (χ1v) is 8.44. The SMILES string of the molecule is O=C(NCCN1CCOCC1)c1cc2[nH]c(=O)c3ccccc3n2c1. The summed E-state index contributed by atoms with van der Waals surface area (Å²) in [7, 11) is 0. The molecule has 1 fully saturated rings. The lowest BCUT2D eigenvalue weighted by atomic mass is 10.2. The number of nitrogens with zero attached hydrogens (tertiary/aromatic N) is 2. The summed E-state index contributed by atoms with van der Waals surface area (Å²) in [4.78, 5) is 29.6. The molecule has 3 aromatic rings. The molecule has 1 aromatic carbocycles. The van der Waals surface area contributed by atoms with Gasteiger partial charge in [0.15, 0.2) is 0 Å². The number of aromatic amines is 1. The van der Waals surface area contributed by atoms with E-state index < -0.39 is 0 Å². The first kappa shape index (κ1) is 15.9. The van der Waals surface area contributed by atoms with E-state index in [-0.39, 0.29) is 11.5 Å². The summed E-state index contributed by atoms with van der Waals surface area (Å²) >= 11 is 0. The van der Waals surface area contributed by atoms with Crippen molar-refractivity contribution in [1.82, 2.24) is 19.6 Å². The van der Waals surface area contributed by atoms with E-state index in [1.54, 1.807) is 18.3 Å². The molecule has 0 spiro atoms. The molecule has 0 aliphatic carbocycles. The molecule has 25 heavy (non-hydrogen) atoms. The smallest absolute Gasteiger partial charge is 0.258 e. The Morgan fingerprint density at radius 3 is 2.88 bits per heavy atom. The Hall–Kier alpha value is -2.64. The van der Waals surface area contributed by atoms with E-state index in [1.165, 1.54) is 0 Å². The van der Waals surface area contributed by atoms with Crippen molar-refractivity contribution in [3.8, 4) is 0 Å². The van der Waals surface area contributed by atoms with Gasteiger partial charge in [-0.2, -0.15) is 0 Å². The third-order valence-corrected chi connectivity index (χ3v) is 4.55. The highest BCUT2D eigenvalue weighted by atomic mass is 16.5. The van der Waals surface area contributed by atoms with Crippen molar-refractivity contribution in [3.63, 3.8) is 0 Å². The van der Waals surface area contributed by atoms with Gasteiger partial charge in [-0.05, 0) is 18.2 Å². The lowest BCUT2D eigenvalue weighted by Gasteiger charge is -2.26. The number of para-hydroxylation sites is 1.